The number of aromatic nitrogens is 1. The van der Waals surface area contributed by atoms with E-state index in [1.807, 2.05) is 36.0 Å². The third kappa shape index (κ3) is 4.15. The summed E-state index contributed by atoms with van der Waals surface area (Å²) < 4.78 is 1.95. The lowest BCUT2D eigenvalue weighted by Gasteiger charge is -2.13. The fourth-order valence-electron chi connectivity index (χ4n) is 2.75. The summed E-state index contributed by atoms with van der Waals surface area (Å²) in [6.45, 7) is -0.134. The molecule has 3 rings (SSSR count). The lowest BCUT2D eigenvalue weighted by molar-refractivity contribution is -0.384. The van der Waals surface area contributed by atoms with Crippen LogP contribution in [-0.2, 0) is 16.6 Å². The van der Waals surface area contributed by atoms with E-state index in [9.17, 15) is 24.8 Å². The third-order valence-electron chi connectivity index (χ3n) is 4.29. The van der Waals surface area contributed by atoms with Crippen molar-refractivity contribution in [3.63, 3.8) is 0 Å². The zero-order chi connectivity index (χ0) is 20.3. The smallest absolute Gasteiger partial charge is 0.313 e. The van der Waals surface area contributed by atoms with Gasteiger partial charge in [-0.25, -0.2) is 0 Å². The first-order valence-electron chi connectivity index (χ1n) is 8.42. The van der Waals surface area contributed by atoms with Gasteiger partial charge in [0.15, 0.2) is 0 Å². The molecule has 0 spiro atoms. The van der Waals surface area contributed by atoms with Gasteiger partial charge in [-0.15, -0.1) is 0 Å². The Morgan fingerprint density at radius 3 is 2.54 bits per heavy atom. The SMILES string of the molecule is Cn1ccc2cc(C(O)CNC(=O)C(=O)Nc3ccc([N+](=O)[O-])cc3)ccc21. The molecule has 0 aliphatic rings. The van der Waals surface area contributed by atoms with Crippen LogP contribution in [0.5, 0.6) is 0 Å². The molecular formula is C19H18N4O5. The first kappa shape index (κ1) is 19.1. The van der Waals surface area contributed by atoms with Crippen molar-refractivity contribution in [1.82, 2.24) is 9.88 Å². The zero-order valence-electron chi connectivity index (χ0n) is 15.0. The Balaban J connectivity index is 1.55. The molecule has 0 saturated carbocycles. The molecule has 144 valence electrons. The summed E-state index contributed by atoms with van der Waals surface area (Å²) in [7, 11) is 1.92. The molecule has 3 aromatic rings. The van der Waals surface area contributed by atoms with Crippen molar-refractivity contribution in [3.05, 3.63) is 70.4 Å². The lowest BCUT2D eigenvalue weighted by atomic mass is 10.1. The molecule has 0 aliphatic heterocycles. The molecule has 3 N–H and O–H groups in total. The number of nitro groups is 1. The highest BCUT2D eigenvalue weighted by atomic mass is 16.6. The number of rotatable bonds is 5. The van der Waals surface area contributed by atoms with E-state index < -0.39 is 22.8 Å². The largest absolute Gasteiger partial charge is 0.387 e. The average molecular weight is 382 g/mol. The van der Waals surface area contributed by atoms with Crippen LogP contribution in [0.1, 0.15) is 11.7 Å². The molecule has 0 radical (unpaired) electrons. The molecule has 28 heavy (non-hydrogen) atoms. The van der Waals surface area contributed by atoms with E-state index >= 15 is 0 Å². The highest BCUT2D eigenvalue weighted by Gasteiger charge is 2.17. The Labute approximate surface area is 159 Å². The summed E-state index contributed by atoms with van der Waals surface area (Å²) in [5.41, 5.74) is 1.76. The van der Waals surface area contributed by atoms with Crippen LogP contribution in [0.15, 0.2) is 54.7 Å². The van der Waals surface area contributed by atoms with Gasteiger partial charge >= 0.3 is 11.8 Å². The number of aliphatic hydroxyl groups is 1. The standard InChI is InChI=1S/C19H18N4O5/c1-22-9-8-12-10-13(2-7-16(12)22)17(24)11-20-18(25)19(26)21-14-3-5-15(6-4-14)23(27)28/h2-10,17,24H,11H2,1H3,(H,20,25)(H,21,26). The molecule has 0 fully saturated rings. The second-order valence-corrected chi connectivity index (χ2v) is 6.23. The Bertz CT molecular complexity index is 1040. The summed E-state index contributed by atoms with van der Waals surface area (Å²) in [6.07, 6.45) is 0.936. The Kier molecular flexibility index (Phi) is 5.37. The molecule has 9 heteroatoms. The number of aryl methyl sites for hydroxylation is 1. The predicted molar refractivity (Wildman–Crippen MR) is 103 cm³/mol. The zero-order valence-corrected chi connectivity index (χ0v) is 15.0. The van der Waals surface area contributed by atoms with Gasteiger partial charge in [0.1, 0.15) is 0 Å². The van der Waals surface area contributed by atoms with Crippen LogP contribution < -0.4 is 10.6 Å². The molecule has 0 aliphatic carbocycles. The van der Waals surface area contributed by atoms with Crippen LogP contribution in [0.2, 0.25) is 0 Å². The number of nitro benzene ring substituents is 1. The minimum atomic E-state index is -0.972. The number of anilines is 1. The number of hydrogen-bond donors (Lipinski definition) is 3. The number of fused-ring (bicyclic) bond motifs is 1. The van der Waals surface area contributed by atoms with Crippen LogP contribution in [0.25, 0.3) is 10.9 Å². The van der Waals surface area contributed by atoms with E-state index in [4.69, 9.17) is 0 Å². The topological polar surface area (TPSA) is 126 Å². The van der Waals surface area contributed by atoms with Gasteiger partial charge in [-0.05, 0) is 41.3 Å². The van der Waals surface area contributed by atoms with E-state index in [0.29, 0.717) is 5.56 Å². The van der Waals surface area contributed by atoms with Crippen molar-refractivity contribution in [2.75, 3.05) is 11.9 Å². The fourth-order valence-corrected chi connectivity index (χ4v) is 2.75. The second-order valence-electron chi connectivity index (χ2n) is 6.23. The number of aliphatic hydroxyl groups excluding tert-OH is 1. The average Bonchev–Trinajstić information content (AvgIpc) is 3.06. The third-order valence-corrected chi connectivity index (χ3v) is 4.29. The number of carbonyl (C=O) groups excluding carboxylic acids is 2. The first-order valence-corrected chi connectivity index (χ1v) is 8.42. The molecule has 1 heterocycles. The maximum atomic E-state index is 11.9. The van der Waals surface area contributed by atoms with Crippen LogP contribution in [0.3, 0.4) is 0 Å². The molecule has 0 bridgehead atoms. The number of benzene rings is 2. The van der Waals surface area contributed by atoms with Gasteiger partial charge in [-0.1, -0.05) is 6.07 Å². The Morgan fingerprint density at radius 1 is 1.14 bits per heavy atom. The minimum absolute atomic E-state index is 0.124. The van der Waals surface area contributed by atoms with E-state index in [0.717, 1.165) is 10.9 Å². The highest BCUT2D eigenvalue weighted by Crippen LogP contribution is 2.21. The minimum Gasteiger partial charge on any atom is -0.387 e. The van der Waals surface area contributed by atoms with Gasteiger partial charge in [0, 0.05) is 43.1 Å². The summed E-state index contributed by atoms with van der Waals surface area (Å²) in [5.74, 6) is -1.85. The summed E-state index contributed by atoms with van der Waals surface area (Å²) in [5, 5.41) is 26.6. The van der Waals surface area contributed by atoms with Gasteiger partial charge in [0.2, 0.25) is 0 Å². The molecular weight excluding hydrogens is 364 g/mol. The van der Waals surface area contributed by atoms with Gasteiger partial charge in [-0.3, -0.25) is 19.7 Å². The number of carbonyl (C=O) groups is 2. The maximum absolute atomic E-state index is 11.9. The molecule has 1 unspecified atom stereocenters. The van der Waals surface area contributed by atoms with Crippen molar-refractivity contribution < 1.29 is 19.6 Å². The Hall–Kier alpha value is -3.72. The predicted octanol–water partition coefficient (Wildman–Crippen LogP) is 1.87. The van der Waals surface area contributed by atoms with E-state index in [1.165, 1.54) is 24.3 Å². The van der Waals surface area contributed by atoms with Gasteiger partial charge in [-0.2, -0.15) is 0 Å². The fraction of sp³-hybridized carbons (Fsp3) is 0.158. The molecule has 2 aromatic carbocycles. The molecule has 9 nitrogen and oxygen atoms in total. The van der Waals surface area contributed by atoms with Crippen LogP contribution in [0.4, 0.5) is 11.4 Å². The van der Waals surface area contributed by atoms with Gasteiger partial charge in [0.05, 0.1) is 11.0 Å². The van der Waals surface area contributed by atoms with Crippen molar-refractivity contribution in [2.45, 2.75) is 6.10 Å². The molecule has 2 amide bonds. The monoisotopic (exact) mass is 382 g/mol. The molecule has 1 aromatic heterocycles. The van der Waals surface area contributed by atoms with Gasteiger partial charge < -0.3 is 20.3 Å². The van der Waals surface area contributed by atoms with Gasteiger partial charge in [0.25, 0.3) is 5.69 Å². The van der Waals surface area contributed by atoms with Crippen molar-refractivity contribution in [3.8, 4) is 0 Å². The van der Waals surface area contributed by atoms with Crippen molar-refractivity contribution in [2.24, 2.45) is 7.05 Å². The lowest BCUT2D eigenvalue weighted by Crippen LogP contribution is -2.37. The van der Waals surface area contributed by atoms with E-state index in [-0.39, 0.29) is 17.9 Å². The first-order chi connectivity index (χ1) is 13.3. The van der Waals surface area contributed by atoms with E-state index in [2.05, 4.69) is 10.6 Å². The second kappa shape index (κ2) is 7.89. The Morgan fingerprint density at radius 2 is 1.86 bits per heavy atom. The molecule has 1 atom stereocenters. The number of amides is 2. The van der Waals surface area contributed by atoms with Crippen LogP contribution in [0, 0.1) is 10.1 Å². The summed E-state index contributed by atoms with van der Waals surface area (Å²) in [4.78, 5) is 33.9. The number of hydrogen-bond acceptors (Lipinski definition) is 5. The normalized spacial score (nSPS) is 11.8. The number of nitrogens with zero attached hydrogens (tertiary/aromatic N) is 2. The highest BCUT2D eigenvalue weighted by molar-refractivity contribution is 6.39. The number of non-ortho nitro benzene ring substituents is 1. The summed E-state index contributed by atoms with van der Waals surface area (Å²) in [6, 6.07) is 12.5. The van der Waals surface area contributed by atoms with Crippen LogP contribution in [-0.4, -0.2) is 33.0 Å². The van der Waals surface area contributed by atoms with E-state index in [1.54, 1.807) is 6.07 Å². The van der Waals surface area contributed by atoms with Crippen molar-refractivity contribution >= 4 is 34.1 Å². The summed E-state index contributed by atoms with van der Waals surface area (Å²) >= 11 is 0. The van der Waals surface area contributed by atoms with Crippen molar-refractivity contribution in [1.29, 1.82) is 0 Å². The quantitative estimate of drug-likeness (QED) is 0.353. The number of nitrogens with one attached hydrogen (secondary N) is 2. The van der Waals surface area contributed by atoms with Crippen LogP contribution >= 0.6 is 0 Å². The maximum Gasteiger partial charge on any atom is 0.313 e. The molecule has 0 saturated heterocycles.